The maximum atomic E-state index is 12.6. The van der Waals surface area contributed by atoms with Gasteiger partial charge >= 0.3 is 0 Å². The first-order valence-corrected chi connectivity index (χ1v) is 9.26. The number of aliphatic hydroxyl groups excluding tert-OH is 1. The van der Waals surface area contributed by atoms with Gasteiger partial charge < -0.3 is 5.11 Å². The van der Waals surface area contributed by atoms with Crippen molar-refractivity contribution in [2.45, 2.75) is 31.8 Å². The maximum absolute atomic E-state index is 12.6. The summed E-state index contributed by atoms with van der Waals surface area (Å²) in [6, 6.07) is 7.36. The third-order valence-electron chi connectivity index (χ3n) is 4.27. The topological polar surface area (TPSA) is 66.4 Å². The Labute approximate surface area is 128 Å². The molecule has 1 saturated carbocycles. The normalized spacial score (nSPS) is 20.8. The fraction of sp³-hybridized carbons (Fsp3) is 0.467. The summed E-state index contributed by atoms with van der Waals surface area (Å²) in [5, 5.41) is 10.2. The zero-order valence-corrected chi connectivity index (χ0v) is 13.7. The number of aliphatic hydroxyl groups is 1. The molecule has 21 heavy (non-hydrogen) atoms. The fourth-order valence-corrected chi connectivity index (χ4v) is 5.55. The Balaban J connectivity index is 1.94. The summed E-state index contributed by atoms with van der Waals surface area (Å²) in [6.07, 6.45) is 1.05. The highest BCUT2D eigenvalue weighted by Crippen LogP contribution is 2.51. The molecule has 2 N–H and O–H groups in total. The van der Waals surface area contributed by atoms with E-state index in [0.717, 1.165) is 11.1 Å². The molecule has 3 rings (SSSR count). The van der Waals surface area contributed by atoms with Crippen molar-refractivity contribution in [2.24, 2.45) is 11.3 Å². The second-order valence-electron chi connectivity index (χ2n) is 6.25. The predicted octanol–water partition coefficient (Wildman–Crippen LogP) is 2.72. The SMILES string of the molecule is CC1(C)CC1CNS(=O)(=O)c1c(CO)sc2ccccc12. The highest BCUT2D eigenvalue weighted by atomic mass is 32.2. The Morgan fingerprint density at radius 3 is 2.67 bits per heavy atom. The van der Waals surface area contributed by atoms with Crippen LogP contribution in [-0.2, 0) is 16.6 Å². The van der Waals surface area contributed by atoms with Gasteiger partial charge in [0.2, 0.25) is 10.0 Å². The number of sulfonamides is 1. The molecule has 1 heterocycles. The molecule has 1 unspecified atom stereocenters. The highest BCUT2D eigenvalue weighted by Gasteiger charge is 2.45. The third-order valence-corrected chi connectivity index (χ3v) is 7.10. The van der Waals surface area contributed by atoms with E-state index in [9.17, 15) is 13.5 Å². The van der Waals surface area contributed by atoms with Crippen LogP contribution >= 0.6 is 11.3 Å². The Bertz CT molecular complexity index is 777. The molecule has 1 aromatic heterocycles. The Hall–Kier alpha value is -0.950. The molecule has 2 aromatic rings. The molecule has 0 bridgehead atoms. The number of benzene rings is 1. The van der Waals surface area contributed by atoms with E-state index < -0.39 is 10.0 Å². The molecule has 6 heteroatoms. The van der Waals surface area contributed by atoms with Crippen molar-refractivity contribution < 1.29 is 13.5 Å². The average Bonchev–Trinajstić information content (AvgIpc) is 2.88. The summed E-state index contributed by atoms with van der Waals surface area (Å²) in [5.74, 6) is 0.398. The standard InChI is InChI=1S/C15H19NO3S2/c1-15(2)7-10(15)8-16-21(18,19)14-11-5-3-4-6-12(11)20-13(14)9-17/h3-6,10,16-17H,7-9H2,1-2H3. The summed E-state index contributed by atoms with van der Waals surface area (Å²) in [4.78, 5) is 0.739. The van der Waals surface area contributed by atoms with Gasteiger partial charge in [-0.2, -0.15) is 0 Å². The van der Waals surface area contributed by atoms with Crippen LogP contribution in [0.4, 0.5) is 0 Å². The average molecular weight is 325 g/mol. The van der Waals surface area contributed by atoms with Crippen molar-refractivity contribution in [2.75, 3.05) is 6.54 Å². The van der Waals surface area contributed by atoms with E-state index in [4.69, 9.17) is 0 Å². The number of hydrogen-bond acceptors (Lipinski definition) is 4. The molecule has 1 aliphatic rings. The van der Waals surface area contributed by atoms with Crippen LogP contribution in [-0.4, -0.2) is 20.1 Å². The van der Waals surface area contributed by atoms with Crippen LogP contribution in [0.25, 0.3) is 10.1 Å². The first-order valence-electron chi connectivity index (χ1n) is 6.96. The smallest absolute Gasteiger partial charge is 0.242 e. The molecule has 0 amide bonds. The van der Waals surface area contributed by atoms with Crippen LogP contribution in [0.1, 0.15) is 25.1 Å². The largest absolute Gasteiger partial charge is 0.391 e. The molecule has 1 aliphatic carbocycles. The molecule has 0 radical (unpaired) electrons. The highest BCUT2D eigenvalue weighted by molar-refractivity contribution is 7.90. The van der Waals surface area contributed by atoms with Gasteiger partial charge in [0.15, 0.2) is 0 Å². The van der Waals surface area contributed by atoms with Crippen molar-refractivity contribution in [1.29, 1.82) is 0 Å². The lowest BCUT2D eigenvalue weighted by atomic mass is 10.1. The van der Waals surface area contributed by atoms with Crippen molar-refractivity contribution in [1.82, 2.24) is 4.72 Å². The van der Waals surface area contributed by atoms with Crippen LogP contribution < -0.4 is 4.72 Å². The summed E-state index contributed by atoms with van der Waals surface area (Å²) >= 11 is 1.33. The lowest BCUT2D eigenvalue weighted by Gasteiger charge is -2.08. The zero-order valence-electron chi connectivity index (χ0n) is 12.1. The molecule has 114 valence electrons. The van der Waals surface area contributed by atoms with E-state index in [2.05, 4.69) is 18.6 Å². The quantitative estimate of drug-likeness (QED) is 0.888. The van der Waals surface area contributed by atoms with Crippen molar-refractivity contribution in [3.63, 3.8) is 0 Å². The van der Waals surface area contributed by atoms with Gasteiger partial charge in [-0.1, -0.05) is 32.0 Å². The Morgan fingerprint density at radius 2 is 2.05 bits per heavy atom. The molecule has 0 spiro atoms. The van der Waals surface area contributed by atoms with Crippen molar-refractivity contribution >= 4 is 31.4 Å². The van der Waals surface area contributed by atoms with Crippen LogP contribution in [0.3, 0.4) is 0 Å². The number of fused-ring (bicyclic) bond motifs is 1. The lowest BCUT2D eigenvalue weighted by Crippen LogP contribution is -2.27. The lowest BCUT2D eigenvalue weighted by molar-refractivity contribution is 0.283. The van der Waals surface area contributed by atoms with Crippen molar-refractivity contribution in [3.8, 4) is 0 Å². The predicted molar refractivity (Wildman–Crippen MR) is 84.8 cm³/mol. The van der Waals surface area contributed by atoms with Gasteiger partial charge in [0, 0.05) is 16.6 Å². The first-order chi connectivity index (χ1) is 9.85. The van der Waals surface area contributed by atoms with Crippen molar-refractivity contribution in [3.05, 3.63) is 29.1 Å². The van der Waals surface area contributed by atoms with Gasteiger partial charge in [-0.15, -0.1) is 11.3 Å². The second-order valence-corrected chi connectivity index (χ2v) is 9.09. The summed E-state index contributed by atoms with van der Waals surface area (Å²) in [6.45, 7) is 4.49. The van der Waals surface area contributed by atoms with Crippen LogP contribution in [0.2, 0.25) is 0 Å². The molecule has 1 atom stereocenters. The van der Waals surface area contributed by atoms with Gasteiger partial charge in [-0.05, 0) is 23.8 Å². The fourth-order valence-electron chi connectivity index (χ4n) is 2.68. The number of thiophene rings is 1. The van der Waals surface area contributed by atoms with Crippen LogP contribution in [0.15, 0.2) is 29.2 Å². The molecular weight excluding hydrogens is 306 g/mol. The molecule has 4 nitrogen and oxygen atoms in total. The number of rotatable bonds is 5. The molecule has 1 aromatic carbocycles. The van der Waals surface area contributed by atoms with Gasteiger partial charge in [-0.3, -0.25) is 0 Å². The van der Waals surface area contributed by atoms with E-state index in [1.807, 2.05) is 18.2 Å². The molecule has 1 fully saturated rings. The minimum atomic E-state index is -3.59. The Kier molecular flexibility index (Phi) is 3.60. The summed E-state index contributed by atoms with van der Waals surface area (Å²) in [7, 11) is -3.59. The summed E-state index contributed by atoms with van der Waals surface area (Å²) in [5.41, 5.74) is 0.235. The van der Waals surface area contributed by atoms with Gasteiger partial charge in [0.05, 0.1) is 11.5 Å². The van der Waals surface area contributed by atoms with Crippen LogP contribution in [0.5, 0.6) is 0 Å². The van der Waals surface area contributed by atoms with E-state index in [-0.39, 0.29) is 16.9 Å². The van der Waals surface area contributed by atoms with E-state index >= 15 is 0 Å². The number of hydrogen-bond donors (Lipinski definition) is 2. The minimum Gasteiger partial charge on any atom is -0.391 e. The molecule has 0 aliphatic heterocycles. The second kappa shape index (κ2) is 5.05. The minimum absolute atomic E-state index is 0.235. The van der Waals surface area contributed by atoms with E-state index in [1.54, 1.807) is 6.07 Å². The molecule has 0 saturated heterocycles. The van der Waals surface area contributed by atoms with Gasteiger partial charge in [-0.25, -0.2) is 13.1 Å². The number of nitrogens with one attached hydrogen (secondary N) is 1. The van der Waals surface area contributed by atoms with Gasteiger partial charge in [0.25, 0.3) is 0 Å². The molecular formula is C15H19NO3S2. The van der Waals surface area contributed by atoms with Crippen LogP contribution in [0, 0.1) is 11.3 Å². The van der Waals surface area contributed by atoms with Gasteiger partial charge in [0.1, 0.15) is 4.90 Å². The van der Waals surface area contributed by atoms with E-state index in [0.29, 0.717) is 22.7 Å². The summed E-state index contributed by atoms with van der Waals surface area (Å²) < 4.78 is 28.8. The monoisotopic (exact) mass is 325 g/mol. The third kappa shape index (κ3) is 2.73. The first kappa shape index (κ1) is 15.0. The zero-order chi connectivity index (χ0) is 15.3. The van der Waals surface area contributed by atoms with E-state index in [1.165, 1.54) is 11.3 Å². The Morgan fingerprint density at radius 1 is 1.38 bits per heavy atom. The maximum Gasteiger partial charge on any atom is 0.242 e.